The summed E-state index contributed by atoms with van der Waals surface area (Å²) in [4.78, 5) is 24.1. The fraction of sp³-hybridized carbons (Fsp3) is 0.269. The lowest BCUT2D eigenvalue weighted by Gasteiger charge is -2.32. The number of fused-ring (bicyclic) bond motifs is 1. The van der Waals surface area contributed by atoms with Gasteiger partial charge in [-0.1, -0.05) is 48.5 Å². The lowest BCUT2D eigenvalue weighted by atomic mass is 9.95. The van der Waals surface area contributed by atoms with Crippen molar-refractivity contribution in [1.82, 2.24) is 19.9 Å². The number of nitrogens with zero attached hydrogens (tertiary/aromatic N) is 4. The van der Waals surface area contributed by atoms with Crippen molar-refractivity contribution in [1.29, 1.82) is 0 Å². The number of aromatic nitrogens is 3. The van der Waals surface area contributed by atoms with Gasteiger partial charge in [0.1, 0.15) is 18.0 Å². The van der Waals surface area contributed by atoms with Gasteiger partial charge < -0.3 is 14.8 Å². The first-order chi connectivity index (χ1) is 15.7. The number of para-hydroxylation sites is 1. The second kappa shape index (κ2) is 8.83. The molecule has 6 nitrogen and oxygen atoms in total. The Morgan fingerprint density at radius 3 is 2.50 bits per heavy atom. The standard InChI is InChI=1S/C26H27N5O/c1-19(20-7-3-2-4-8-20)29-26(32)22-11-14-30(15-12-22)24-17-25(28-18-27-24)31-16-13-21-9-5-6-10-23(21)31/h2-10,13,16-19,22H,11-12,14-15H2,1H3,(H,29,32)/t19-/m0/s1. The van der Waals surface area contributed by atoms with Crippen LogP contribution in [0.5, 0.6) is 0 Å². The van der Waals surface area contributed by atoms with Crippen molar-refractivity contribution in [2.45, 2.75) is 25.8 Å². The molecular formula is C26H27N5O. The molecule has 1 amide bonds. The number of piperidine rings is 1. The average Bonchev–Trinajstić information content (AvgIpc) is 3.29. The molecule has 1 aliphatic heterocycles. The zero-order valence-electron chi connectivity index (χ0n) is 18.2. The number of hydrogen-bond donors (Lipinski definition) is 1. The maximum atomic E-state index is 12.8. The van der Waals surface area contributed by atoms with Crippen LogP contribution >= 0.6 is 0 Å². The smallest absolute Gasteiger partial charge is 0.223 e. The van der Waals surface area contributed by atoms with E-state index in [0.29, 0.717) is 0 Å². The van der Waals surface area contributed by atoms with Gasteiger partial charge in [0.15, 0.2) is 0 Å². The van der Waals surface area contributed by atoms with E-state index >= 15 is 0 Å². The molecule has 2 aromatic heterocycles. The van der Waals surface area contributed by atoms with E-state index in [4.69, 9.17) is 0 Å². The Morgan fingerprint density at radius 2 is 1.69 bits per heavy atom. The third-order valence-electron chi connectivity index (χ3n) is 6.33. The Kier molecular flexibility index (Phi) is 5.58. The van der Waals surface area contributed by atoms with Gasteiger partial charge in [0, 0.05) is 31.3 Å². The Morgan fingerprint density at radius 1 is 0.969 bits per heavy atom. The molecule has 0 unspecified atom stereocenters. The molecule has 162 valence electrons. The summed E-state index contributed by atoms with van der Waals surface area (Å²) in [5.74, 6) is 1.94. The van der Waals surface area contributed by atoms with Gasteiger partial charge in [0.2, 0.25) is 5.91 Å². The summed E-state index contributed by atoms with van der Waals surface area (Å²) in [6.45, 7) is 3.65. The average molecular weight is 426 g/mol. The summed E-state index contributed by atoms with van der Waals surface area (Å²) in [5, 5.41) is 4.36. The van der Waals surface area contributed by atoms with E-state index in [0.717, 1.165) is 48.6 Å². The van der Waals surface area contributed by atoms with E-state index in [9.17, 15) is 4.79 Å². The van der Waals surface area contributed by atoms with E-state index in [-0.39, 0.29) is 17.9 Å². The molecule has 5 rings (SSSR count). The van der Waals surface area contributed by atoms with Crippen molar-refractivity contribution in [2.75, 3.05) is 18.0 Å². The molecule has 3 heterocycles. The molecule has 2 aromatic carbocycles. The van der Waals surface area contributed by atoms with Crippen molar-refractivity contribution in [2.24, 2.45) is 5.92 Å². The van der Waals surface area contributed by atoms with Crippen LogP contribution in [0.25, 0.3) is 16.7 Å². The number of hydrogen-bond acceptors (Lipinski definition) is 4. The SMILES string of the molecule is C[C@H](NC(=O)C1CCN(c2cc(-n3ccc4ccccc43)ncn2)CC1)c1ccccc1. The second-order valence-corrected chi connectivity index (χ2v) is 8.38. The van der Waals surface area contributed by atoms with Gasteiger partial charge in [-0.25, -0.2) is 9.97 Å². The quantitative estimate of drug-likeness (QED) is 0.511. The number of rotatable bonds is 5. The van der Waals surface area contributed by atoms with Crippen LogP contribution in [-0.2, 0) is 4.79 Å². The summed E-state index contributed by atoms with van der Waals surface area (Å²) >= 11 is 0. The highest BCUT2D eigenvalue weighted by Gasteiger charge is 2.26. The topological polar surface area (TPSA) is 63.1 Å². The molecule has 1 atom stereocenters. The zero-order chi connectivity index (χ0) is 21.9. The number of carbonyl (C=O) groups is 1. The second-order valence-electron chi connectivity index (χ2n) is 8.38. The van der Waals surface area contributed by atoms with Crippen molar-refractivity contribution in [3.63, 3.8) is 0 Å². The summed E-state index contributed by atoms with van der Waals surface area (Å²) in [6.07, 6.45) is 5.30. The summed E-state index contributed by atoms with van der Waals surface area (Å²) in [7, 11) is 0. The lowest BCUT2D eigenvalue weighted by molar-refractivity contribution is -0.126. The highest BCUT2D eigenvalue weighted by molar-refractivity contribution is 5.81. The van der Waals surface area contributed by atoms with E-state index in [1.165, 1.54) is 5.39 Å². The molecule has 0 bridgehead atoms. The van der Waals surface area contributed by atoms with Gasteiger partial charge in [-0.3, -0.25) is 4.79 Å². The minimum Gasteiger partial charge on any atom is -0.356 e. The van der Waals surface area contributed by atoms with Crippen LogP contribution in [0.3, 0.4) is 0 Å². The molecule has 0 saturated carbocycles. The zero-order valence-corrected chi connectivity index (χ0v) is 18.2. The van der Waals surface area contributed by atoms with E-state index in [1.807, 2.05) is 61.7 Å². The summed E-state index contributed by atoms with van der Waals surface area (Å²) < 4.78 is 2.09. The van der Waals surface area contributed by atoms with Gasteiger partial charge in [0.25, 0.3) is 0 Å². The Labute approximate surface area is 187 Å². The van der Waals surface area contributed by atoms with Crippen LogP contribution in [0.1, 0.15) is 31.4 Å². The molecule has 4 aromatic rings. The summed E-state index contributed by atoms with van der Waals surface area (Å²) in [5.41, 5.74) is 2.25. The van der Waals surface area contributed by atoms with Crippen molar-refractivity contribution in [3.05, 3.63) is 84.8 Å². The molecular weight excluding hydrogens is 398 g/mol. The third kappa shape index (κ3) is 4.08. The molecule has 1 N–H and O–H groups in total. The summed E-state index contributed by atoms with van der Waals surface area (Å²) in [6, 6.07) is 22.5. The van der Waals surface area contributed by atoms with Crippen LogP contribution in [0, 0.1) is 5.92 Å². The first-order valence-electron chi connectivity index (χ1n) is 11.2. The Balaban J connectivity index is 1.24. The van der Waals surface area contributed by atoms with E-state index < -0.39 is 0 Å². The molecule has 0 spiro atoms. The molecule has 1 saturated heterocycles. The molecule has 1 aliphatic rings. The van der Waals surface area contributed by atoms with Crippen LogP contribution < -0.4 is 10.2 Å². The van der Waals surface area contributed by atoms with Crippen molar-refractivity contribution in [3.8, 4) is 5.82 Å². The monoisotopic (exact) mass is 425 g/mol. The van der Waals surface area contributed by atoms with Gasteiger partial charge in [0.05, 0.1) is 11.6 Å². The third-order valence-corrected chi connectivity index (χ3v) is 6.33. The van der Waals surface area contributed by atoms with E-state index in [1.54, 1.807) is 6.33 Å². The maximum absolute atomic E-state index is 12.8. The van der Waals surface area contributed by atoms with E-state index in [2.05, 4.69) is 43.0 Å². The van der Waals surface area contributed by atoms with Crippen molar-refractivity contribution >= 4 is 22.6 Å². The first kappa shape index (κ1) is 20.2. The molecule has 1 fully saturated rings. The predicted octanol–water partition coefficient (Wildman–Crippen LogP) is 4.51. The maximum Gasteiger partial charge on any atom is 0.223 e. The van der Waals surface area contributed by atoms with Crippen molar-refractivity contribution < 1.29 is 4.79 Å². The van der Waals surface area contributed by atoms with Gasteiger partial charge >= 0.3 is 0 Å². The van der Waals surface area contributed by atoms with Gasteiger partial charge in [-0.15, -0.1) is 0 Å². The predicted molar refractivity (Wildman–Crippen MR) is 127 cm³/mol. The molecule has 6 heteroatoms. The molecule has 32 heavy (non-hydrogen) atoms. The Hall–Kier alpha value is -3.67. The highest BCUT2D eigenvalue weighted by atomic mass is 16.1. The first-order valence-corrected chi connectivity index (χ1v) is 11.2. The minimum atomic E-state index is 0.0162. The number of anilines is 1. The lowest BCUT2D eigenvalue weighted by Crippen LogP contribution is -2.41. The normalized spacial score (nSPS) is 15.6. The number of benzene rings is 2. The van der Waals surface area contributed by atoms with Gasteiger partial charge in [-0.05, 0) is 42.8 Å². The molecule has 0 radical (unpaired) electrons. The molecule has 0 aliphatic carbocycles. The van der Waals surface area contributed by atoms with Gasteiger partial charge in [-0.2, -0.15) is 0 Å². The number of nitrogens with one attached hydrogen (secondary N) is 1. The van der Waals surface area contributed by atoms with Crippen LogP contribution in [0.2, 0.25) is 0 Å². The van der Waals surface area contributed by atoms with Crippen LogP contribution in [-0.4, -0.2) is 33.5 Å². The fourth-order valence-electron chi connectivity index (χ4n) is 4.45. The van der Waals surface area contributed by atoms with Crippen LogP contribution in [0.15, 0.2) is 79.3 Å². The fourth-order valence-corrected chi connectivity index (χ4v) is 4.45. The largest absolute Gasteiger partial charge is 0.356 e. The number of amides is 1. The minimum absolute atomic E-state index is 0.0162. The number of carbonyl (C=O) groups excluding carboxylic acids is 1. The highest BCUT2D eigenvalue weighted by Crippen LogP contribution is 2.25. The van der Waals surface area contributed by atoms with Crippen LogP contribution in [0.4, 0.5) is 5.82 Å². The Bertz CT molecular complexity index is 1210.